The van der Waals surface area contributed by atoms with Crippen molar-refractivity contribution in [3.05, 3.63) is 29.8 Å². The lowest BCUT2D eigenvalue weighted by atomic mass is 10.1. The number of nitrogens with zero attached hydrogens (tertiary/aromatic N) is 1. The van der Waals surface area contributed by atoms with Crippen molar-refractivity contribution in [1.29, 1.82) is 0 Å². The Balaban J connectivity index is 2.79. The summed E-state index contributed by atoms with van der Waals surface area (Å²) in [5.41, 5.74) is 0.993. The number of hydrogen-bond acceptors (Lipinski definition) is 3. The molecule has 4 heteroatoms. The first kappa shape index (κ1) is 14.5. The van der Waals surface area contributed by atoms with Gasteiger partial charge >= 0.3 is 0 Å². The summed E-state index contributed by atoms with van der Waals surface area (Å²) < 4.78 is 10.4. The lowest BCUT2D eigenvalue weighted by Crippen LogP contribution is -2.32. The predicted molar refractivity (Wildman–Crippen MR) is 70.7 cm³/mol. The van der Waals surface area contributed by atoms with Crippen LogP contribution in [0.15, 0.2) is 24.3 Å². The van der Waals surface area contributed by atoms with Crippen LogP contribution in [-0.2, 0) is 9.53 Å². The SMILES string of the molecule is CCOCC(=O)N(C)C(C)c1ccccc1OC. The summed E-state index contributed by atoms with van der Waals surface area (Å²) in [6.07, 6.45) is 0. The zero-order chi connectivity index (χ0) is 13.5. The van der Waals surface area contributed by atoms with Crippen molar-refractivity contribution in [3.8, 4) is 5.75 Å². The highest BCUT2D eigenvalue weighted by atomic mass is 16.5. The molecule has 18 heavy (non-hydrogen) atoms. The van der Waals surface area contributed by atoms with Crippen LogP contribution in [0.4, 0.5) is 0 Å². The molecule has 0 bridgehead atoms. The smallest absolute Gasteiger partial charge is 0.248 e. The van der Waals surface area contributed by atoms with Crippen LogP contribution in [0.1, 0.15) is 25.5 Å². The highest BCUT2D eigenvalue weighted by molar-refractivity contribution is 5.77. The fourth-order valence-corrected chi connectivity index (χ4v) is 1.73. The normalized spacial score (nSPS) is 12.0. The summed E-state index contributed by atoms with van der Waals surface area (Å²) >= 11 is 0. The van der Waals surface area contributed by atoms with E-state index in [-0.39, 0.29) is 18.6 Å². The van der Waals surface area contributed by atoms with Crippen LogP contribution in [-0.4, -0.2) is 38.2 Å². The molecule has 0 aliphatic heterocycles. The number of carbonyl (C=O) groups is 1. The van der Waals surface area contributed by atoms with Gasteiger partial charge in [-0.2, -0.15) is 0 Å². The van der Waals surface area contributed by atoms with Crippen molar-refractivity contribution in [2.24, 2.45) is 0 Å². The van der Waals surface area contributed by atoms with E-state index in [1.165, 1.54) is 0 Å². The number of rotatable bonds is 6. The zero-order valence-electron chi connectivity index (χ0n) is 11.5. The molecular formula is C14H21NO3. The number of benzene rings is 1. The van der Waals surface area contributed by atoms with Gasteiger partial charge in [0.2, 0.25) is 5.91 Å². The first-order valence-electron chi connectivity index (χ1n) is 6.08. The minimum absolute atomic E-state index is 0.0322. The van der Waals surface area contributed by atoms with Crippen LogP contribution in [0.5, 0.6) is 5.75 Å². The number of hydrogen-bond donors (Lipinski definition) is 0. The van der Waals surface area contributed by atoms with Gasteiger partial charge in [0.05, 0.1) is 13.2 Å². The summed E-state index contributed by atoms with van der Waals surface area (Å²) in [7, 11) is 3.41. The predicted octanol–water partition coefficient (Wildman–Crippen LogP) is 2.25. The van der Waals surface area contributed by atoms with Crippen molar-refractivity contribution in [3.63, 3.8) is 0 Å². The number of methoxy groups -OCH3 is 1. The molecule has 1 aromatic rings. The van der Waals surface area contributed by atoms with Gasteiger partial charge in [0.15, 0.2) is 0 Å². The van der Waals surface area contributed by atoms with Gasteiger partial charge in [-0.05, 0) is 19.9 Å². The van der Waals surface area contributed by atoms with Crippen molar-refractivity contribution < 1.29 is 14.3 Å². The zero-order valence-corrected chi connectivity index (χ0v) is 11.5. The molecule has 0 aliphatic rings. The molecule has 1 rings (SSSR count). The summed E-state index contributed by atoms with van der Waals surface area (Å²) in [5.74, 6) is 0.760. The Kier molecular flexibility index (Phi) is 5.65. The summed E-state index contributed by atoms with van der Waals surface area (Å²) in [4.78, 5) is 13.6. The Labute approximate surface area is 108 Å². The molecule has 4 nitrogen and oxygen atoms in total. The van der Waals surface area contributed by atoms with Gasteiger partial charge in [-0.3, -0.25) is 4.79 Å². The fourth-order valence-electron chi connectivity index (χ4n) is 1.73. The van der Waals surface area contributed by atoms with Crippen molar-refractivity contribution in [1.82, 2.24) is 4.90 Å². The molecule has 0 aliphatic carbocycles. The Morgan fingerprint density at radius 3 is 2.67 bits per heavy atom. The number of para-hydroxylation sites is 1. The molecule has 0 radical (unpaired) electrons. The van der Waals surface area contributed by atoms with Crippen LogP contribution in [0.3, 0.4) is 0 Å². The largest absolute Gasteiger partial charge is 0.496 e. The molecule has 0 spiro atoms. The maximum atomic E-state index is 11.9. The lowest BCUT2D eigenvalue weighted by molar-refractivity contribution is -0.136. The number of ether oxygens (including phenoxy) is 2. The lowest BCUT2D eigenvalue weighted by Gasteiger charge is -2.26. The fraction of sp³-hybridized carbons (Fsp3) is 0.500. The third-order valence-corrected chi connectivity index (χ3v) is 2.99. The molecule has 0 heterocycles. The molecule has 0 N–H and O–H groups in total. The first-order valence-corrected chi connectivity index (χ1v) is 6.08. The topological polar surface area (TPSA) is 38.8 Å². The first-order chi connectivity index (χ1) is 8.61. The maximum Gasteiger partial charge on any atom is 0.248 e. The van der Waals surface area contributed by atoms with E-state index in [4.69, 9.17) is 9.47 Å². The second kappa shape index (κ2) is 7.01. The second-order valence-electron chi connectivity index (χ2n) is 4.06. The van der Waals surface area contributed by atoms with Gasteiger partial charge in [-0.15, -0.1) is 0 Å². The number of likely N-dealkylation sites (N-methyl/N-ethyl adjacent to an activating group) is 1. The Hall–Kier alpha value is -1.55. The molecule has 1 atom stereocenters. The van der Waals surface area contributed by atoms with Crippen LogP contribution < -0.4 is 4.74 Å². The molecule has 1 aromatic carbocycles. The Morgan fingerprint density at radius 1 is 1.39 bits per heavy atom. The summed E-state index contributed by atoms with van der Waals surface area (Å²) in [6.45, 7) is 4.51. The quantitative estimate of drug-likeness (QED) is 0.778. The average molecular weight is 251 g/mol. The Morgan fingerprint density at radius 2 is 2.06 bits per heavy atom. The van der Waals surface area contributed by atoms with E-state index in [0.717, 1.165) is 11.3 Å². The van der Waals surface area contributed by atoms with Crippen LogP contribution >= 0.6 is 0 Å². The van der Waals surface area contributed by atoms with E-state index in [1.54, 1.807) is 19.1 Å². The van der Waals surface area contributed by atoms with E-state index < -0.39 is 0 Å². The molecule has 100 valence electrons. The van der Waals surface area contributed by atoms with Gasteiger partial charge in [-0.25, -0.2) is 0 Å². The molecular weight excluding hydrogens is 230 g/mol. The van der Waals surface area contributed by atoms with Gasteiger partial charge in [-0.1, -0.05) is 18.2 Å². The molecule has 1 amide bonds. The molecule has 0 fully saturated rings. The van der Waals surface area contributed by atoms with Crippen LogP contribution in [0.25, 0.3) is 0 Å². The maximum absolute atomic E-state index is 11.9. The summed E-state index contributed by atoms with van der Waals surface area (Å²) in [6, 6.07) is 7.67. The monoisotopic (exact) mass is 251 g/mol. The highest BCUT2D eigenvalue weighted by Crippen LogP contribution is 2.27. The molecule has 0 aromatic heterocycles. The van der Waals surface area contributed by atoms with Gasteiger partial charge in [0.25, 0.3) is 0 Å². The van der Waals surface area contributed by atoms with Gasteiger partial charge in [0, 0.05) is 19.2 Å². The summed E-state index contributed by atoms with van der Waals surface area (Å²) in [5, 5.41) is 0. The Bertz CT molecular complexity index is 392. The molecule has 0 saturated carbocycles. The highest BCUT2D eigenvalue weighted by Gasteiger charge is 2.19. The number of carbonyl (C=O) groups excluding carboxylic acids is 1. The molecule has 0 saturated heterocycles. The average Bonchev–Trinajstić information content (AvgIpc) is 2.42. The van der Waals surface area contributed by atoms with Crippen molar-refractivity contribution in [2.45, 2.75) is 19.9 Å². The van der Waals surface area contributed by atoms with E-state index >= 15 is 0 Å². The molecule has 1 unspecified atom stereocenters. The van der Waals surface area contributed by atoms with E-state index in [1.807, 2.05) is 38.1 Å². The van der Waals surface area contributed by atoms with Gasteiger partial charge < -0.3 is 14.4 Å². The van der Waals surface area contributed by atoms with Crippen molar-refractivity contribution in [2.75, 3.05) is 27.4 Å². The van der Waals surface area contributed by atoms with Crippen molar-refractivity contribution >= 4 is 5.91 Å². The second-order valence-corrected chi connectivity index (χ2v) is 4.06. The minimum atomic E-state index is -0.0471. The van der Waals surface area contributed by atoms with E-state index in [9.17, 15) is 4.79 Å². The van der Waals surface area contributed by atoms with Gasteiger partial charge in [0.1, 0.15) is 12.4 Å². The van der Waals surface area contributed by atoms with Crippen LogP contribution in [0.2, 0.25) is 0 Å². The third kappa shape index (κ3) is 3.47. The third-order valence-electron chi connectivity index (χ3n) is 2.99. The standard InChI is InChI=1S/C14H21NO3/c1-5-18-10-14(16)15(3)11(2)12-8-6-7-9-13(12)17-4/h6-9,11H,5,10H2,1-4H3. The van der Waals surface area contributed by atoms with E-state index in [0.29, 0.717) is 6.61 Å². The van der Waals surface area contributed by atoms with E-state index in [2.05, 4.69) is 0 Å². The minimum Gasteiger partial charge on any atom is -0.496 e. The number of amides is 1. The van der Waals surface area contributed by atoms with Crippen LogP contribution in [0, 0.1) is 0 Å².